The number of ether oxygens (including phenoxy) is 1. The van der Waals surface area contributed by atoms with Gasteiger partial charge >= 0.3 is 5.97 Å². The number of carbonyl (C=O) groups is 1. The van der Waals surface area contributed by atoms with E-state index < -0.39 is 20.4 Å². The van der Waals surface area contributed by atoms with Crippen molar-refractivity contribution in [1.82, 2.24) is 0 Å². The molecule has 16 heavy (non-hydrogen) atoms. The van der Waals surface area contributed by atoms with Crippen LogP contribution in [0.4, 0.5) is 0 Å². The van der Waals surface area contributed by atoms with Gasteiger partial charge in [-0.1, -0.05) is 20.8 Å². The molecule has 0 bridgehead atoms. The summed E-state index contributed by atoms with van der Waals surface area (Å²) in [6.45, 7) is 11.3. The van der Waals surface area contributed by atoms with E-state index in [9.17, 15) is 4.79 Å². The zero-order valence-corrected chi connectivity index (χ0v) is 11.7. The van der Waals surface area contributed by atoms with Gasteiger partial charge in [-0.15, -0.1) is 0 Å². The first-order chi connectivity index (χ1) is 7.13. The summed E-state index contributed by atoms with van der Waals surface area (Å²) in [6.07, 6.45) is -0.265. The minimum Gasteiger partial charge on any atom is -0.479 e. The number of hydrogen-bond donors (Lipinski definition) is 1. The lowest BCUT2D eigenvalue weighted by molar-refractivity contribution is -0.147. The molecule has 1 aliphatic heterocycles. The van der Waals surface area contributed by atoms with Gasteiger partial charge in [0.2, 0.25) is 0 Å². The first kappa shape index (κ1) is 13.7. The molecule has 0 saturated carbocycles. The maximum atomic E-state index is 10.7. The predicted octanol–water partition coefficient (Wildman–Crippen LogP) is 2.25. The van der Waals surface area contributed by atoms with Crippen molar-refractivity contribution in [3.63, 3.8) is 0 Å². The fourth-order valence-corrected chi connectivity index (χ4v) is 2.80. The molecule has 0 aliphatic carbocycles. The second kappa shape index (κ2) is 4.47. The van der Waals surface area contributed by atoms with E-state index in [1.807, 2.05) is 0 Å². The summed E-state index contributed by atoms with van der Waals surface area (Å²) in [5, 5.41) is 8.97. The molecule has 1 aliphatic rings. The standard InChI is InChI=1S/C11H22O4Si/c1-11(2,3)16(4,5)15-8-6-9(10(12)13)14-7-8/h8-9H,6-7H2,1-5H3,(H,12,13). The summed E-state index contributed by atoms with van der Waals surface area (Å²) >= 11 is 0. The number of carboxylic acid groups (broad SMARTS) is 1. The van der Waals surface area contributed by atoms with Crippen LogP contribution in [0.25, 0.3) is 0 Å². The van der Waals surface area contributed by atoms with Gasteiger partial charge in [0.25, 0.3) is 0 Å². The number of rotatable bonds is 3. The highest BCUT2D eigenvalue weighted by Crippen LogP contribution is 2.38. The Morgan fingerprint density at radius 2 is 2.00 bits per heavy atom. The van der Waals surface area contributed by atoms with E-state index in [1.165, 1.54) is 0 Å². The van der Waals surface area contributed by atoms with Crippen molar-refractivity contribution in [2.24, 2.45) is 0 Å². The van der Waals surface area contributed by atoms with Crippen molar-refractivity contribution in [1.29, 1.82) is 0 Å². The normalized spacial score (nSPS) is 27.1. The summed E-state index contributed by atoms with van der Waals surface area (Å²) in [5.74, 6) is -0.888. The van der Waals surface area contributed by atoms with E-state index in [4.69, 9.17) is 14.3 Å². The van der Waals surface area contributed by atoms with Gasteiger partial charge in [-0.2, -0.15) is 0 Å². The maximum Gasteiger partial charge on any atom is 0.332 e. The Morgan fingerprint density at radius 1 is 1.44 bits per heavy atom. The molecule has 1 saturated heterocycles. The van der Waals surface area contributed by atoms with Crippen LogP contribution >= 0.6 is 0 Å². The molecule has 0 amide bonds. The Labute approximate surface area is 98.1 Å². The molecule has 1 N–H and O–H groups in total. The predicted molar refractivity (Wildman–Crippen MR) is 64.1 cm³/mol. The summed E-state index contributed by atoms with van der Waals surface area (Å²) in [7, 11) is -1.81. The number of carboxylic acids is 1. The fraction of sp³-hybridized carbons (Fsp3) is 0.909. The second-order valence-corrected chi connectivity index (χ2v) is 10.7. The smallest absolute Gasteiger partial charge is 0.332 e. The van der Waals surface area contributed by atoms with E-state index in [2.05, 4.69) is 33.9 Å². The Kier molecular flexibility index (Phi) is 3.82. The van der Waals surface area contributed by atoms with Crippen molar-refractivity contribution in [3.05, 3.63) is 0 Å². The first-order valence-electron chi connectivity index (χ1n) is 5.66. The molecule has 0 spiro atoms. The van der Waals surface area contributed by atoms with Gasteiger partial charge in [-0.25, -0.2) is 4.79 Å². The highest BCUT2D eigenvalue weighted by molar-refractivity contribution is 6.74. The average molecular weight is 246 g/mol. The summed E-state index contributed by atoms with van der Waals surface area (Å²) in [5.41, 5.74) is 0. The summed E-state index contributed by atoms with van der Waals surface area (Å²) in [4.78, 5) is 10.7. The van der Waals surface area contributed by atoms with Gasteiger partial charge in [0.1, 0.15) is 0 Å². The zero-order chi connectivity index (χ0) is 12.6. The van der Waals surface area contributed by atoms with Crippen molar-refractivity contribution >= 4 is 14.3 Å². The highest BCUT2D eigenvalue weighted by Gasteiger charge is 2.42. The molecular weight excluding hydrogens is 224 g/mol. The highest BCUT2D eigenvalue weighted by atomic mass is 28.4. The molecule has 94 valence electrons. The molecule has 1 heterocycles. The Bertz CT molecular complexity index is 270. The minimum atomic E-state index is -1.81. The van der Waals surface area contributed by atoms with Crippen LogP contribution in [0.5, 0.6) is 0 Å². The van der Waals surface area contributed by atoms with E-state index in [-0.39, 0.29) is 11.1 Å². The van der Waals surface area contributed by atoms with Crippen LogP contribution in [0.1, 0.15) is 27.2 Å². The summed E-state index contributed by atoms with van der Waals surface area (Å²) < 4.78 is 11.3. The quantitative estimate of drug-likeness (QED) is 0.776. The van der Waals surface area contributed by atoms with Crippen LogP contribution in [0.2, 0.25) is 18.1 Å². The van der Waals surface area contributed by atoms with Gasteiger partial charge in [0.15, 0.2) is 14.4 Å². The molecule has 2 atom stereocenters. The zero-order valence-electron chi connectivity index (χ0n) is 10.7. The van der Waals surface area contributed by atoms with Gasteiger partial charge in [-0.05, 0) is 18.1 Å². The van der Waals surface area contributed by atoms with Crippen LogP contribution in [0, 0.1) is 0 Å². The number of hydrogen-bond acceptors (Lipinski definition) is 3. The van der Waals surface area contributed by atoms with E-state index in [0.29, 0.717) is 13.0 Å². The third-order valence-electron chi connectivity index (χ3n) is 3.50. The van der Waals surface area contributed by atoms with Gasteiger partial charge in [-0.3, -0.25) is 0 Å². The minimum absolute atomic E-state index is 0.0537. The second-order valence-electron chi connectivity index (χ2n) is 5.90. The van der Waals surface area contributed by atoms with Crippen LogP contribution in [-0.2, 0) is 14.0 Å². The largest absolute Gasteiger partial charge is 0.479 e. The lowest BCUT2D eigenvalue weighted by atomic mass is 10.2. The topological polar surface area (TPSA) is 55.8 Å². The van der Waals surface area contributed by atoms with Crippen molar-refractivity contribution in [3.8, 4) is 0 Å². The van der Waals surface area contributed by atoms with Gasteiger partial charge < -0.3 is 14.3 Å². The molecular formula is C11H22O4Si. The van der Waals surface area contributed by atoms with Gasteiger partial charge in [0, 0.05) is 6.42 Å². The molecule has 4 nitrogen and oxygen atoms in total. The van der Waals surface area contributed by atoms with Crippen molar-refractivity contribution in [2.75, 3.05) is 6.61 Å². The monoisotopic (exact) mass is 246 g/mol. The first-order valence-corrected chi connectivity index (χ1v) is 8.56. The van der Waals surface area contributed by atoms with Crippen molar-refractivity contribution in [2.45, 2.75) is 57.5 Å². The fourth-order valence-electron chi connectivity index (χ4n) is 1.45. The molecule has 1 fully saturated rings. The number of aliphatic carboxylic acids is 1. The van der Waals surface area contributed by atoms with E-state index >= 15 is 0 Å². The third-order valence-corrected chi connectivity index (χ3v) is 8.04. The molecule has 0 aromatic carbocycles. The lowest BCUT2D eigenvalue weighted by Crippen LogP contribution is -2.44. The average Bonchev–Trinajstić information content (AvgIpc) is 2.49. The van der Waals surface area contributed by atoms with Crippen LogP contribution in [0.15, 0.2) is 0 Å². The Balaban J connectivity index is 2.54. The molecule has 0 aromatic heterocycles. The molecule has 0 radical (unpaired) electrons. The van der Waals surface area contributed by atoms with Crippen LogP contribution in [-0.4, -0.2) is 38.2 Å². The molecule has 1 rings (SSSR count). The lowest BCUT2D eigenvalue weighted by Gasteiger charge is -2.38. The van der Waals surface area contributed by atoms with E-state index in [1.54, 1.807) is 0 Å². The van der Waals surface area contributed by atoms with E-state index in [0.717, 1.165) is 0 Å². The van der Waals surface area contributed by atoms with Crippen molar-refractivity contribution < 1.29 is 19.1 Å². The Morgan fingerprint density at radius 3 is 2.38 bits per heavy atom. The van der Waals surface area contributed by atoms with Crippen LogP contribution in [0.3, 0.4) is 0 Å². The SMILES string of the molecule is CC(C)(C)[Si](C)(C)OC1COC(C(=O)O)C1. The molecule has 0 aromatic rings. The van der Waals surface area contributed by atoms with Gasteiger partial charge in [0.05, 0.1) is 12.7 Å². The molecule has 2 unspecified atom stereocenters. The maximum absolute atomic E-state index is 10.7. The summed E-state index contributed by atoms with van der Waals surface area (Å²) in [6, 6.07) is 0. The van der Waals surface area contributed by atoms with Crippen LogP contribution < -0.4 is 0 Å². The third kappa shape index (κ3) is 3.05. The Hall–Kier alpha value is -0.393. The molecule has 5 heteroatoms.